The fraction of sp³-hybridized carbons (Fsp3) is 0.462. The summed E-state index contributed by atoms with van der Waals surface area (Å²) < 4.78 is 5.24. The number of carbonyl (C=O) groups is 1. The van der Waals surface area contributed by atoms with Crippen LogP contribution >= 0.6 is 0 Å². The Bertz CT molecular complexity index is 453. The van der Waals surface area contributed by atoms with Crippen LogP contribution in [-0.2, 0) is 11.3 Å². The van der Waals surface area contributed by atoms with E-state index in [0.29, 0.717) is 25.3 Å². The molecule has 1 heterocycles. The highest BCUT2D eigenvalue weighted by atomic mass is 16.5. The monoisotopic (exact) mass is 251 g/mol. The molecule has 2 N–H and O–H groups in total. The Balaban J connectivity index is 2.25. The van der Waals surface area contributed by atoms with Gasteiger partial charge in [0.15, 0.2) is 5.78 Å². The molecule has 1 saturated heterocycles. The van der Waals surface area contributed by atoms with Gasteiger partial charge in [-0.05, 0) is 19.1 Å². The molecule has 1 fully saturated rings. The maximum Gasteiger partial charge on any atom is 0.163 e. The van der Waals surface area contributed by atoms with E-state index in [4.69, 9.17) is 4.74 Å². The molecule has 1 aromatic rings. The second kappa shape index (κ2) is 5.37. The Morgan fingerprint density at radius 3 is 2.61 bits per heavy atom. The van der Waals surface area contributed by atoms with Crippen LogP contribution < -0.4 is 0 Å². The highest BCUT2D eigenvalue weighted by molar-refractivity contribution is 5.97. The molecule has 5 nitrogen and oxygen atoms in total. The largest absolute Gasteiger partial charge is 0.507 e. The molecular weight excluding hydrogens is 234 g/mol. The summed E-state index contributed by atoms with van der Waals surface area (Å²) in [5, 5.41) is 19.8. The second-order valence-corrected chi connectivity index (χ2v) is 4.40. The number of aromatic hydroxyl groups is 2. The minimum atomic E-state index is -0.212. The van der Waals surface area contributed by atoms with Crippen LogP contribution in [0.4, 0.5) is 0 Å². The number of ketones is 1. The van der Waals surface area contributed by atoms with Gasteiger partial charge in [0.2, 0.25) is 0 Å². The molecule has 1 aliphatic rings. The summed E-state index contributed by atoms with van der Waals surface area (Å²) in [4.78, 5) is 13.4. The summed E-state index contributed by atoms with van der Waals surface area (Å²) in [6, 6.07) is 2.89. The van der Waals surface area contributed by atoms with Crippen molar-refractivity contribution in [2.45, 2.75) is 13.5 Å². The molecule has 18 heavy (non-hydrogen) atoms. The minimum absolute atomic E-state index is 0.0176. The molecule has 0 spiro atoms. The van der Waals surface area contributed by atoms with E-state index in [2.05, 4.69) is 4.90 Å². The van der Waals surface area contributed by atoms with Crippen molar-refractivity contribution in [3.05, 3.63) is 23.3 Å². The van der Waals surface area contributed by atoms with Crippen molar-refractivity contribution < 1.29 is 19.7 Å². The number of phenols is 2. The summed E-state index contributed by atoms with van der Waals surface area (Å²) in [6.07, 6.45) is 0. The smallest absolute Gasteiger partial charge is 0.163 e. The van der Waals surface area contributed by atoms with Crippen LogP contribution in [-0.4, -0.2) is 47.2 Å². The third kappa shape index (κ3) is 2.63. The number of phenolic OH excluding ortho intramolecular Hbond substituents is 2. The number of hydrogen-bond acceptors (Lipinski definition) is 5. The fourth-order valence-corrected chi connectivity index (χ4v) is 2.05. The van der Waals surface area contributed by atoms with Crippen LogP contribution in [0.25, 0.3) is 0 Å². The molecule has 98 valence electrons. The molecule has 0 unspecified atom stereocenters. The first-order valence-electron chi connectivity index (χ1n) is 5.94. The fourth-order valence-electron chi connectivity index (χ4n) is 2.05. The molecule has 0 aliphatic carbocycles. The average molecular weight is 251 g/mol. The van der Waals surface area contributed by atoms with Crippen molar-refractivity contribution in [2.75, 3.05) is 26.3 Å². The summed E-state index contributed by atoms with van der Waals surface area (Å²) in [7, 11) is 0. The van der Waals surface area contributed by atoms with Crippen LogP contribution in [0.2, 0.25) is 0 Å². The molecule has 0 aromatic heterocycles. The number of ether oxygens (including phenoxy) is 1. The first-order chi connectivity index (χ1) is 8.59. The molecule has 1 aliphatic heterocycles. The van der Waals surface area contributed by atoms with Crippen LogP contribution in [0, 0.1) is 0 Å². The number of carbonyl (C=O) groups excluding carboxylic acids is 1. The number of hydrogen-bond donors (Lipinski definition) is 2. The maximum atomic E-state index is 11.3. The Morgan fingerprint density at radius 2 is 2.00 bits per heavy atom. The van der Waals surface area contributed by atoms with Gasteiger partial charge in [0, 0.05) is 19.6 Å². The summed E-state index contributed by atoms with van der Waals surface area (Å²) in [5.41, 5.74) is 0.653. The Kier molecular flexibility index (Phi) is 3.84. The van der Waals surface area contributed by atoms with Gasteiger partial charge in [-0.25, -0.2) is 0 Å². The predicted octanol–water partition coefficient (Wildman–Crippen LogP) is 1.13. The number of Topliss-reactive ketones (excluding diaryl/α,β-unsaturated/α-hetero) is 1. The maximum absolute atomic E-state index is 11.3. The predicted molar refractivity (Wildman–Crippen MR) is 65.9 cm³/mol. The lowest BCUT2D eigenvalue weighted by Gasteiger charge is -2.27. The van der Waals surface area contributed by atoms with Crippen molar-refractivity contribution in [2.24, 2.45) is 0 Å². The SMILES string of the molecule is CC(=O)c1ccc(O)c(CN2CCOCC2)c1O. The van der Waals surface area contributed by atoms with E-state index in [1.165, 1.54) is 19.1 Å². The van der Waals surface area contributed by atoms with Crippen molar-refractivity contribution in [3.63, 3.8) is 0 Å². The normalized spacial score (nSPS) is 16.7. The molecule has 0 amide bonds. The lowest BCUT2D eigenvalue weighted by atomic mass is 10.0. The molecule has 0 radical (unpaired) electrons. The first-order valence-corrected chi connectivity index (χ1v) is 5.94. The second-order valence-electron chi connectivity index (χ2n) is 4.40. The van der Waals surface area contributed by atoms with E-state index in [0.717, 1.165) is 13.1 Å². The van der Waals surface area contributed by atoms with Crippen LogP contribution in [0.3, 0.4) is 0 Å². The topological polar surface area (TPSA) is 70.0 Å². The molecule has 0 bridgehead atoms. The highest BCUT2D eigenvalue weighted by Gasteiger charge is 2.19. The van der Waals surface area contributed by atoms with Crippen LogP contribution in [0.5, 0.6) is 11.5 Å². The number of morpholine rings is 1. The Morgan fingerprint density at radius 1 is 1.33 bits per heavy atom. The number of rotatable bonds is 3. The summed E-state index contributed by atoms with van der Waals surface area (Å²) in [5.74, 6) is -0.311. The Labute approximate surface area is 106 Å². The zero-order chi connectivity index (χ0) is 13.1. The van der Waals surface area contributed by atoms with E-state index in [-0.39, 0.29) is 22.8 Å². The van der Waals surface area contributed by atoms with Gasteiger partial charge in [0.05, 0.1) is 24.3 Å². The van der Waals surface area contributed by atoms with Crippen LogP contribution in [0.1, 0.15) is 22.8 Å². The van der Waals surface area contributed by atoms with Gasteiger partial charge >= 0.3 is 0 Å². The molecule has 0 atom stereocenters. The lowest BCUT2D eigenvalue weighted by molar-refractivity contribution is 0.0335. The van der Waals surface area contributed by atoms with Crippen molar-refractivity contribution in [1.29, 1.82) is 0 Å². The van der Waals surface area contributed by atoms with Gasteiger partial charge in [-0.3, -0.25) is 9.69 Å². The molecule has 1 aromatic carbocycles. The van der Waals surface area contributed by atoms with Gasteiger partial charge < -0.3 is 14.9 Å². The summed E-state index contributed by atoms with van der Waals surface area (Å²) in [6.45, 7) is 4.61. The van der Waals surface area contributed by atoms with E-state index in [1.807, 2.05) is 0 Å². The zero-order valence-electron chi connectivity index (χ0n) is 10.3. The van der Waals surface area contributed by atoms with E-state index < -0.39 is 0 Å². The van der Waals surface area contributed by atoms with Crippen molar-refractivity contribution in [1.82, 2.24) is 4.90 Å². The van der Waals surface area contributed by atoms with Gasteiger partial charge in [0.25, 0.3) is 0 Å². The first kappa shape index (κ1) is 12.9. The van der Waals surface area contributed by atoms with E-state index in [9.17, 15) is 15.0 Å². The third-order valence-electron chi connectivity index (χ3n) is 3.12. The van der Waals surface area contributed by atoms with Crippen molar-refractivity contribution >= 4 is 5.78 Å². The van der Waals surface area contributed by atoms with Gasteiger partial charge in [-0.2, -0.15) is 0 Å². The molecular formula is C13H17NO4. The minimum Gasteiger partial charge on any atom is -0.507 e. The quantitative estimate of drug-likeness (QED) is 0.788. The zero-order valence-corrected chi connectivity index (χ0v) is 10.3. The standard InChI is InChI=1S/C13H17NO4/c1-9(15)10-2-3-12(16)11(13(10)17)8-14-4-6-18-7-5-14/h2-3,16-17H,4-8H2,1H3. The average Bonchev–Trinajstić information content (AvgIpc) is 2.35. The molecule has 5 heteroatoms. The lowest BCUT2D eigenvalue weighted by Crippen LogP contribution is -2.35. The number of benzene rings is 1. The highest BCUT2D eigenvalue weighted by Crippen LogP contribution is 2.32. The van der Waals surface area contributed by atoms with Gasteiger partial charge in [-0.15, -0.1) is 0 Å². The van der Waals surface area contributed by atoms with Crippen molar-refractivity contribution in [3.8, 4) is 11.5 Å². The molecule has 2 rings (SSSR count). The molecule has 0 saturated carbocycles. The van der Waals surface area contributed by atoms with E-state index in [1.54, 1.807) is 0 Å². The Hall–Kier alpha value is -1.59. The third-order valence-corrected chi connectivity index (χ3v) is 3.12. The van der Waals surface area contributed by atoms with Gasteiger partial charge in [0.1, 0.15) is 11.5 Å². The summed E-state index contributed by atoms with van der Waals surface area (Å²) >= 11 is 0. The van der Waals surface area contributed by atoms with E-state index >= 15 is 0 Å². The van der Waals surface area contributed by atoms with Crippen LogP contribution in [0.15, 0.2) is 12.1 Å². The number of nitrogens with zero attached hydrogens (tertiary/aromatic N) is 1. The van der Waals surface area contributed by atoms with Gasteiger partial charge in [-0.1, -0.05) is 0 Å².